The second-order valence-corrected chi connectivity index (χ2v) is 8.25. The van der Waals surface area contributed by atoms with Gasteiger partial charge in [0.25, 0.3) is 0 Å². The summed E-state index contributed by atoms with van der Waals surface area (Å²) in [6, 6.07) is 0.684. The van der Waals surface area contributed by atoms with Gasteiger partial charge in [-0.2, -0.15) is 23.5 Å². The first-order valence-corrected chi connectivity index (χ1v) is 9.97. The van der Waals surface area contributed by atoms with Crippen molar-refractivity contribution in [1.82, 2.24) is 5.32 Å². The molecule has 4 unspecified atom stereocenters. The molecule has 0 aromatic rings. The minimum Gasteiger partial charge on any atom is -0.378 e. The van der Waals surface area contributed by atoms with Gasteiger partial charge in [0.05, 0.1) is 6.10 Å². The summed E-state index contributed by atoms with van der Waals surface area (Å²) in [5.74, 6) is 2.67. The highest BCUT2D eigenvalue weighted by molar-refractivity contribution is 8.07. The van der Waals surface area contributed by atoms with E-state index >= 15 is 0 Å². The van der Waals surface area contributed by atoms with E-state index in [0.29, 0.717) is 12.1 Å². The van der Waals surface area contributed by atoms with Crippen LogP contribution in [0.1, 0.15) is 45.4 Å². The molecule has 2 saturated heterocycles. The first-order chi connectivity index (χ1) is 9.35. The van der Waals surface area contributed by atoms with E-state index in [1.165, 1.54) is 50.0 Å². The maximum atomic E-state index is 5.73. The van der Waals surface area contributed by atoms with Crippen molar-refractivity contribution >= 4 is 23.5 Å². The van der Waals surface area contributed by atoms with E-state index in [2.05, 4.69) is 42.8 Å². The monoisotopic (exact) mass is 303 g/mol. The van der Waals surface area contributed by atoms with Gasteiger partial charge in [-0.1, -0.05) is 6.92 Å². The molecule has 2 nitrogen and oxygen atoms in total. The molecule has 2 aliphatic rings. The van der Waals surface area contributed by atoms with E-state index in [0.717, 1.165) is 17.1 Å². The summed E-state index contributed by atoms with van der Waals surface area (Å²) in [6.45, 7) is 3.34. The lowest BCUT2D eigenvalue weighted by Crippen LogP contribution is -2.43. The number of ether oxygens (including phenoxy) is 1. The molecule has 4 atom stereocenters. The summed E-state index contributed by atoms with van der Waals surface area (Å²) >= 11 is 4.38. The van der Waals surface area contributed by atoms with E-state index < -0.39 is 0 Å². The molecule has 0 aromatic heterocycles. The summed E-state index contributed by atoms with van der Waals surface area (Å²) in [6.07, 6.45) is 8.32. The van der Waals surface area contributed by atoms with E-state index in [9.17, 15) is 0 Å². The molecule has 2 fully saturated rings. The van der Waals surface area contributed by atoms with Gasteiger partial charge in [-0.25, -0.2) is 0 Å². The first kappa shape index (κ1) is 16.0. The molecular weight excluding hydrogens is 274 g/mol. The third-order valence-electron chi connectivity index (χ3n) is 4.33. The van der Waals surface area contributed by atoms with Crippen LogP contribution >= 0.6 is 23.5 Å². The smallest absolute Gasteiger partial charge is 0.0576 e. The molecule has 19 heavy (non-hydrogen) atoms. The van der Waals surface area contributed by atoms with Crippen LogP contribution in [-0.2, 0) is 4.74 Å². The summed E-state index contributed by atoms with van der Waals surface area (Å²) < 4.78 is 5.73. The van der Waals surface area contributed by atoms with Crippen molar-refractivity contribution in [3.8, 4) is 0 Å². The van der Waals surface area contributed by atoms with Crippen LogP contribution in [0, 0.1) is 0 Å². The normalized spacial score (nSPS) is 33.5. The Morgan fingerprint density at radius 2 is 2.16 bits per heavy atom. The fourth-order valence-electron chi connectivity index (χ4n) is 3.22. The molecule has 0 spiro atoms. The Hall–Kier alpha value is 0.620. The maximum Gasteiger partial charge on any atom is 0.0576 e. The van der Waals surface area contributed by atoms with Crippen LogP contribution in [0.5, 0.6) is 0 Å². The Morgan fingerprint density at radius 1 is 1.32 bits per heavy atom. The topological polar surface area (TPSA) is 21.3 Å². The lowest BCUT2D eigenvalue weighted by Gasteiger charge is -2.36. The summed E-state index contributed by atoms with van der Waals surface area (Å²) in [5.41, 5.74) is 0. The largest absolute Gasteiger partial charge is 0.378 e. The van der Waals surface area contributed by atoms with Crippen molar-refractivity contribution < 1.29 is 4.74 Å². The molecule has 2 rings (SSSR count). The highest BCUT2D eigenvalue weighted by Crippen LogP contribution is 2.36. The van der Waals surface area contributed by atoms with Crippen LogP contribution in [0.25, 0.3) is 0 Å². The molecule has 0 aliphatic carbocycles. The fraction of sp³-hybridized carbons (Fsp3) is 1.00. The first-order valence-electron chi connectivity index (χ1n) is 7.87. The van der Waals surface area contributed by atoms with E-state index in [1.54, 1.807) is 0 Å². The van der Waals surface area contributed by atoms with Crippen molar-refractivity contribution in [3.05, 3.63) is 0 Å². The molecule has 2 aliphatic heterocycles. The molecule has 4 heteroatoms. The average Bonchev–Trinajstić information content (AvgIpc) is 2.97. The van der Waals surface area contributed by atoms with Gasteiger partial charge in [-0.3, -0.25) is 0 Å². The Morgan fingerprint density at radius 3 is 2.84 bits per heavy atom. The van der Waals surface area contributed by atoms with Gasteiger partial charge < -0.3 is 10.1 Å². The Kier molecular flexibility index (Phi) is 7.42. The van der Waals surface area contributed by atoms with Crippen LogP contribution in [-0.4, -0.2) is 47.8 Å². The van der Waals surface area contributed by atoms with Gasteiger partial charge in [-0.05, 0) is 45.6 Å². The number of hydrogen-bond donors (Lipinski definition) is 1. The standard InChI is InChI=1S/C15H29NOS2/c1-3-14-15(19-11-10-18-14)13(16-2)8-4-6-12-7-5-9-17-12/h12-16H,3-11H2,1-2H3. The van der Waals surface area contributed by atoms with E-state index in [-0.39, 0.29) is 0 Å². The number of rotatable bonds is 7. The highest BCUT2D eigenvalue weighted by Gasteiger charge is 2.31. The lowest BCUT2D eigenvalue weighted by atomic mass is 10.0. The third-order valence-corrected chi connectivity index (χ3v) is 7.73. The molecule has 0 aromatic carbocycles. The summed E-state index contributed by atoms with van der Waals surface area (Å²) in [7, 11) is 2.14. The van der Waals surface area contributed by atoms with Crippen molar-refractivity contribution in [1.29, 1.82) is 0 Å². The van der Waals surface area contributed by atoms with Crippen molar-refractivity contribution in [2.24, 2.45) is 0 Å². The SMILES string of the molecule is CCC1SCCSC1C(CCCC1CCCO1)NC. The Bertz CT molecular complexity index is 246. The van der Waals surface area contributed by atoms with Crippen LogP contribution in [0.2, 0.25) is 0 Å². The number of hydrogen-bond acceptors (Lipinski definition) is 4. The maximum absolute atomic E-state index is 5.73. The fourth-order valence-corrected chi connectivity index (χ4v) is 6.56. The average molecular weight is 304 g/mol. The second-order valence-electron chi connectivity index (χ2n) is 5.61. The van der Waals surface area contributed by atoms with Crippen molar-refractivity contribution in [2.75, 3.05) is 25.2 Å². The Balaban J connectivity index is 1.74. The van der Waals surface area contributed by atoms with Crippen LogP contribution in [0.15, 0.2) is 0 Å². The minimum atomic E-state index is 0.563. The van der Waals surface area contributed by atoms with Crippen LogP contribution in [0.3, 0.4) is 0 Å². The van der Waals surface area contributed by atoms with Crippen LogP contribution < -0.4 is 5.32 Å². The van der Waals surface area contributed by atoms with Gasteiger partial charge >= 0.3 is 0 Å². The minimum absolute atomic E-state index is 0.563. The van der Waals surface area contributed by atoms with Gasteiger partial charge in [-0.15, -0.1) is 0 Å². The quantitative estimate of drug-likeness (QED) is 0.776. The molecule has 0 radical (unpaired) electrons. The van der Waals surface area contributed by atoms with Crippen molar-refractivity contribution in [3.63, 3.8) is 0 Å². The molecule has 0 bridgehead atoms. The number of nitrogens with one attached hydrogen (secondary N) is 1. The molecule has 0 amide bonds. The van der Waals surface area contributed by atoms with Crippen LogP contribution in [0.4, 0.5) is 0 Å². The second kappa shape index (κ2) is 8.81. The summed E-state index contributed by atoms with van der Waals surface area (Å²) in [4.78, 5) is 0. The summed E-state index contributed by atoms with van der Waals surface area (Å²) in [5, 5.41) is 5.24. The molecule has 2 heterocycles. The molecule has 0 saturated carbocycles. The molecule has 112 valence electrons. The van der Waals surface area contributed by atoms with Gasteiger partial charge in [0.15, 0.2) is 0 Å². The van der Waals surface area contributed by atoms with Crippen molar-refractivity contribution in [2.45, 2.75) is 68.1 Å². The lowest BCUT2D eigenvalue weighted by molar-refractivity contribution is 0.101. The van der Waals surface area contributed by atoms with E-state index in [4.69, 9.17) is 4.74 Å². The molecular formula is C15H29NOS2. The molecule has 1 N–H and O–H groups in total. The highest BCUT2D eigenvalue weighted by atomic mass is 32.2. The Labute approximate surface area is 127 Å². The third kappa shape index (κ3) is 4.83. The van der Waals surface area contributed by atoms with Gasteiger partial charge in [0, 0.05) is 34.7 Å². The van der Waals surface area contributed by atoms with Gasteiger partial charge in [0.1, 0.15) is 0 Å². The number of thioether (sulfide) groups is 2. The zero-order valence-electron chi connectivity index (χ0n) is 12.4. The van der Waals surface area contributed by atoms with E-state index in [1.807, 2.05) is 0 Å². The zero-order valence-corrected chi connectivity index (χ0v) is 14.0. The zero-order chi connectivity index (χ0) is 13.5. The van der Waals surface area contributed by atoms with Gasteiger partial charge in [0.2, 0.25) is 0 Å². The predicted molar refractivity (Wildman–Crippen MR) is 88.5 cm³/mol. The predicted octanol–water partition coefficient (Wildman–Crippen LogP) is 3.55.